The highest BCUT2D eigenvalue weighted by atomic mass is 16.3. The lowest BCUT2D eigenvalue weighted by Gasteiger charge is -2.31. The standard InChI is InChI=1S/C16H21N5O3/c1-3-11-7-14(22)20-16(19-11)21-10(2)13(9-18-21)15(23)17-8-12-5-4-6-24-12/h4-6,9,11,16,19H,3,7-8H2,1-2H3,(H,17,23)(H,20,22). The second kappa shape index (κ2) is 6.88. The summed E-state index contributed by atoms with van der Waals surface area (Å²) in [5.41, 5.74) is 1.15. The van der Waals surface area contributed by atoms with Crippen LogP contribution in [0.1, 0.15) is 47.9 Å². The molecule has 0 bridgehead atoms. The molecule has 0 radical (unpaired) electrons. The highest BCUT2D eigenvalue weighted by Crippen LogP contribution is 2.15. The molecule has 3 heterocycles. The van der Waals surface area contributed by atoms with E-state index < -0.39 is 6.29 Å². The summed E-state index contributed by atoms with van der Waals surface area (Å²) in [4.78, 5) is 24.1. The zero-order valence-corrected chi connectivity index (χ0v) is 13.7. The third-order valence-electron chi connectivity index (χ3n) is 4.15. The van der Waals surface area contributed by atoms with Crippen LogP contribution in [0.25, 0.3) is 0 Å². The number of amides is 2. The average molecular weight is 331 g/mol. The third kappa shape index (κ3) is 3.33. The lowest BCUT2D eigenvalue weighted by atomic mass is 10.1. The van der Waals surface area contributed by atoms with Crippen LogP contribution in [0.2, 0.25) is 0 Å². The van der Waals surface area contributed by atoms with E-state index in [9.17, 15) is 9.59 Å². The molecule has 3 N–H and O–H groups in total. The van der Waals surface area contributed by atoms with E-state index in [4.69, 9.17) is 4.42 Å². The monoisotopic (exact) mass is 331 g/mol. The van der Waals surface area contributed by atoms with Gasteiger partial charge in [-0.2, -0.15) is 5.10 Å². The molecule has 1 saturated heterocycles. The number of furan rings is 1. The van der Waals surface area contributed by atoms with Crippen molar-refractivity contribution in [2.75, 3.05) is 0 Å². The SMILES string of the molecule is CCC1CC(=O)NC(n2ncc(C(=O)NCc3ccco3)c2C)N1. The normalized spacial score (nSPS) is 20.7. The van der Waals surface area contributed by atoms with Gasteiger partial charge in [0.05, 0.1) is 30.3 Å². The van der Waals surface area contributed by atoms with Gasteiger partial charge in [-0.3, -0.25) is 14.9 Å². The van der Waals surface area contributed by atoms with E-state index in [-0.39, 0.29) is 17.9 Å². The Kier molecular flexibility index (Phi) is 4.66. The first-order valence-electron chi connectivity index (χ1n) is 7.98. The maximum absolute atomic E-state index is 12.3. The van der Waals surface area contributed by atoms with Crippen molar-refractivity contribution in [2.24, 2.45) is 0 Å². The van der Waals surface area contributed by atoms with Crippen LogP contribution in [0.15, 0.2) is 29.0 Å². The number of carbonyl (C=O) groups excluding carboxylic acids is 2. The number of rotatable bonds is 5. The molecule has 8 nitrogen and oxygen atoms in total. The third-order valence-corrected chi connectivity index (χ3v) is 4.15. The minimum Gasteiger partial charge on any atom is -0.467 e. The maximum atomic E-state index is 12.3. The molecule has 2 atom stereocenters. The largest absolute Gasteiger partial charge is 0.467 e. The summed E-state index contributed by atoms with van der Waals surface area (Å²) in [6.45, 7) is 4.14. The minimum atomic E-state index is -0.442. The number of nitrogens with zero attached hydrogens (tertiary/aromatic N) is 2. The summed E-state index contributed by atoms with van der Waals surface area (Å²) in [5.74, 6) is 0.425. The van der Waals surface area contributed by atoms with E-state index in [0.717, 1.165) is 6.42 Å². The Bertz CT molecular complexity index is 722. The molecule has 0 saturated carbocycles. The maximum Gasteiger partial charge on any atom is 0.255 e. The Morgan fingerprint density at radius 3 is 3.08 bits per heavy atom. The Balaban J connectivity index is 1.70. The molecule has 8 heteroatoms. The molecule has 2 aromatic heterocycles. The first-order chi connectivity index (χ1) is 11.6. The molecule has 1 aliphatic rings. The zero-order chi connectivity index (χ0) is 17.1. The molecule has 128 valence electrons. The van der Waals surface area contributed by atoms with Crippen LogP contribution < -0.4 is 16.0 Å². The predicted molar refractivity (Wildman–Crippen MR) is 85.9 cm³/mol. The molecule has 0 aromatic carbocycles. The van der Waals surface area contributed by atoms with Gasteiger partial charge in [0.25, 0.3) is 5.91 Å². The number of hydrogen-bond donors (Lipinski definition) is 3. The van der Waals surface area contributed by atoms with Crippen molar-refractivity contribution >= 4 is 11.8 Å². The fraction of sp³-hybridized carbons (Fsp3) is 0.438. The van der Waals surface area contributed by atoms with Gasteiger partial charge in [-0.05, 0) is 25.5 Å². The average Bonchev–Trinajstić information content (AvgIpc) is 3.21. The van der Waals surface area contributed by atoms with Gasteiger partial charge in [-0.25, -0.2) is 4.68 Å². The zero-order valence-electron chi connectivity index (χ0n) is 13.7. The van der Waals surface area contributed by atoms with E-state index in [1.165, 1.54) is 6.20 Å². The number of nitrogens with one attached hydrogen (secondary N) is 3. The van der Waals surface area contributed by atoms with Crippen molar-refractivity contribution < 1.29 is 14.0 Å². The van der Waals surface area contributed by atoms with Gasteiger partial charge in [0, 0.05) is 12.5 Å². The van der Waals surface area contributed by atoms with Crippen molar-refractivity contribution in [1.29, 1.82) is 0 Å². The van der Waals surface area contributed by atoms with E-state index in [0.29, 0.717) is 30.0 Å². The van der Waals surface area contributed by atoms with Crippen molar-refractivity contribution in [3.05, 3.63) is 41.6 Å². The molecule has 0 spiro atoms. The van der Waals surface area contributed by atoms with Crippen LogP contribution in [0, 0.1) is 6.92 Å². The highest BCUT2D eigenvalue weighted by molar-refractivity contribution is 5.95. The van der Waals surface area contributed by atoms with Gasteiger partial charge in [-0.1, -0.05) is 6.92 Å². The van der Waals surface area contributed by atoms with Crippen molar-refractivity contribution in [1.82, 2.24) is 25.7 Å². The number of carbonyl (C=O) groups is 2. The van der Waals surface area contributed by atoms with Gasteiger partial charge in [-0.15, -0.1) is 0 Å². The van der Waals surface area contributed by atoms with Crippen molar-refractivity contribution in [2.45, 2.75) is 45.6 Å². The Morgan fingerprint density at radius 2 is 2.38 bits per heavy atom. The first-order valence-corrected chi connectivity index (χ1v) is 7.98. The van der Waals surface area contributed by atoms with Gasteiger partial charge in [0.15, 0.2) is 6.29 Å². The summed E-state index contributed by atoms with van der Waals surface area (Å²) < 4.78 is 6.82. The Hall–Kier alpha value is -2.61. The van der Waals surface area contributed by atoms with E-state index in [1.807, 2.05) is 6.92 Å². The molecular formula is C16H21N5O3. The van der Waals surface area contributed by atoms with Gasteiger partial charge >= 0.3 is 0 Å². The fourth-order valence-electron chi connectivity index (χ4n) is 2.74. The molecule has 0 aliphatic carbocycles. The summed E-state index contributed by atoms with van der Waals surface area (Å²) in [6, 6.07) is 3.67. The van der Waals surface area contributed by atoms with Crippen LogP contribution in [0.3, 0.4) is 0 Å². The van der Waals surface area contributed by atoms with Crippen LogP contribution >= 0.6 is 0 Å². The van der Waals surface area contributed by atoms with E-state index in [1.54, 1.807) is 30.0 Å². The lowest BCUT2D eigenvalue weighted by molar-refractivity contribution is -0.125. The van der Waals surface area contributed by atoms with Gasteiger partial charge in [0.1, 0.15) is 5.76 Å². The highest BCUT2D eigenvalue weighted by Gasteiger charge is 2.28. The smallest absolute Gasteiger partial charge is 0.255 e. The molecule has 2 amide bonds. The predicted octanol–water partition coefficient (Wildman–Crippen LogP) is 1.06. The summed E-state index contributed by atoms with van der Waals surface area (Å²) >= 11 is 0. The van der Waals surface area contributed by atoms with Crippen LogP contribution in [0.5, 0.6) is 0 Å². The molecule has 2 aromatic rings. The summed E-state index contributed by atoms with van der Waals surface area (Å²) in [5, 5.41) is 13.2. The Labute approximate surface area is 139 Å². The number of aromatic nitrogens is 2. The number of hydrogen-bond acceptors (Lipinski definition) is 5. The summed E-state index contributed by atoms with van der Waals surface area (Å²) in [6.07, 6.45) is 3.93. The minimum absolute atomic E-state index is 0.0238. The lowest BCUT2D eigenvalue weighted by Crippen LogP contribution is -2.53. The first kappa shape index (κ1) is 16.3. The molecule has 3 rings (SSSR count). The van der Waals surface area contributed by atoms with Crippen LogP contribution in [-0.2, 0) is 11.3 Å². The second-order valence-corrected chi connectivity index (χ2v) is 5.80. The molecule has 2 unspecified atom stereocenters. The van der Waals surface area contributed by atoms with E-state index >= 15 is 0 Å². The molecule has 1 aliphatic heterocycles. The topological polar surface area (TPSA) is 101 Å². The van der Waals surface area contributed by atoms with Crippen molar-refractivity contribution in [3.8, 4) is 0 Å². The summed E-state index contributed by atoms with van der Waals surface area (Å²) in [7, 11) is 0. The quantitative estimate of drug-likeness (QED) is 0.760. The second-order valence-electron chi connectivity index (χ2n) is 5.80. The fourth-order valence-corrected chi connectivity index (χ4v) is 2.74. The van der Waals surface area contributed by atoms with Gasteiger partial charge < -0.3 is 15.1 Å². The van der Waals surface area contributed by atoms with Crippen LogP contribution in [0.4, 0.5) is 0 Å². The molecular weight excluding hydrogens is 310 g/mol. The molecule has 24 heavy (non-hydrogen) atoms. The molecule has 1 fully saturated rings. The van der Waals surface area contributed by atoms with Crippen molar-refractivity contribution in [3.63, 3.8) is 0 Å². The van der Waals surface area contributed by atoms with Crippen LogP contribution in [-0.4, -0.2) is 27.6 Å². The van der Waals surface area contributed by atoms with E-state index in [2.05, 4.69) is 21.0 Å². The van der Waals surface area contributed by atoms with Gasteiger partial charge in [0.2, 0.25) is 5.91 Å². The Morgan fingerprint density at radius 1 is 1.54 bits per heavy atom.